The average Bonchev–Trinajstić information content (AvgIpc) is 2.67. The third kappa shape index (κ3) is 4.56. The van der Waals surface area contributed by atoms with E-state index in [4.69, 9.17) is 4.74 Å². The van der Waals surface area contributed by atoms with Crippen LogP contribution in [0.4, 0.5) is 19.3 Å². The number of nitriles is 1. The third-order valence-corrected chi connectivity index (χ3v) is 5.53. The highest BCUT2D eigenvalue weighted by Crippen LogP contribution is 2.27. The van der Waals surface area contributed by atoms with Crippen LogP contribution >= 0.6 is 0 Å². The highest BCUT2D eigenvalue weighted by Gasteiger charge is 2.23. The van der Waals surface area contributed by atoms with Crippen LogP contribution in [0.5, 0.6) is 5.75 Å². The molecule has 0 saturated heterocycles. The van der Waals surface area contributed by atoms with Crippen LogP contribution < -0.4 is 10.1 Å². The minimum atomic E-state index is -4.37. The van der Waals surface area contributed by atoms with Gasteiger partial charge < -0.3 is 4.74 Å². The van der Waals surface area contributed by atoms with Crippen molar-refractivity contribution >= 4 is 21.6 Å². The number of hydrogen-bond acceptors (Lipinski definition) is 5. The second-order valence-corrected chi connectivity index (χ2v) is 7.68. The summed E-state index contributed by atoms with van der Waals surface area (Å²) in [5, 5.41) is 11.7. The van der Waals surface area contributed by atoms with E-state index in [1.807, 2.05) is 0 Å². The van der Waals surface area contributed by atoms with Crippen molar-refractivity contribution in [2.24, 2.45) is 0 Å². The summed E-state index contributed by atoms with van der Waals surface area (Å²) in [5.41, 5.74) is -0.209. The van der Waals surface area contributed by atoms with Gasteiger partial charge in [0, 0.05) is 11.8 Å². The van der Waals surface area contributed by atoms with Crippen LogP contribution in [0.1, 0.15) is 5.56 Å². The number of halogens is 2. The predicted molar refractivity (Wildman–Crippen MR) is 99.1 cm³/mol. The lowest BCUT2D eigenvalue weighted by atomic mass is 10.2. The van der Waals surface area contributed by atoms with Gasteiger partial charge in [-0.2, -0.15) is 5.26 Å². The number of para-hydroxylation sites is 1. The number of carbonyl (C=O) groups excluding carboxylic acids is 1. The zero-order chi connectivity index (χ0) is 21.0. The van der Waals surface area contributed by atoms with Gasteiger partial charge in [-0.3, -0.25) is 5.32 Å². The molecule has 0 aliphatic heterocycles. The summed E-state index contributed by atoms with van der Waals surface area (Å²) in [6.45, 7) is 0. The highest BCUT2D eigenvalue weighted by molar-refractivity contribution is 7.91. The topological polar surface area (TPSA) is 96.3 Å². The van der Waals surface area contributed by atoms with Crippen molar-refractivity contribution in [2.45, 2.75) is 9.79 Å². The lowest BCUT2D eigenvalue weighted by molar-refractivity contribution is 0.215. The molecular weight excluding hydrogens is 402 g/mol. The standard InChI is InChI=1S/C20H12F2N2O4S/c21-14-9-15(22)11-18(10-14)29(26,27)19-7-6-16(8-13(19)12-23)24-20(25)28-17-4-2-1-3-5-17/h1-11H,(H,24,25). The van der Waals surface area contributed by atoms with Gasteiger partial charge in [0.2, 0.25) is 9.84 Å². The minimum absolute atomic E-state index is 0.104. The van der Waals surface area contributed by atoms with Crippen LogP contribution in [-0.2, 0) is 9.84 Å². The van der Waals surface area contributed by atoms with E-state index in [-0.39, 0.29) is 17.0 Å². The molecule has 0 fully saturated rings. The van der Waals surface area contributed by atoms with Crippen LogP contribution in [0, 0.1) is 23.0 Å². The van der Waals surface area contributed by atoms with Crippen molar-refractivity contribution < 1.29 is 26.7 Å². The first-order chi connectivity index (χ1) is 13.8. The summed E-state index contributed by atoms with van der Waals surface area (Å²) in [4.78, 5) is 10.9. The molecule has 0 bridgehead atoms. The Morgan fingerprint density at radius 2 is 1.62 bits per heavy atom. The number of benzene rings is 3. The number of anilines is 1. The molecule has 3 rings (SSSR count). The maximum absolute atomic E-state index is 13.4. The lowest BCUT2D eigenvalue weighted by Gasteiger charge is -2.10. The number of nitrogens with zero attached hydrogens (tertiary/aromatic N) is 1. The predicted octanol–water partition coefficient (Wildman–Crippen LogP) is 4.28. The van der Waals surface area contributed by atoms with E-state index in [2.05, 4.69) is 5.32 Å². The molecule has 0 aliphatic carbocycles. The molecule has 9 heteroatoms. The van der Waals surface area contributed by atoms with Gasteiger partial charge in [0.15, 0.2) is 0 Å². The van der Waals surface area contributed by atoms with Crippen LogP contribution in [0.3, 0.4) is 0 Å². The summed E-state index contributed by atoms with van der Waals surface area (Å²) >= 11 is 0. The Morgan fingerprint density at radius 3 is 2.24 bits per heavy atom. The van der Waals surface area contributed by atoms with Gasteiger partial charge >= 0.3 is 6.09 Å². The fourth-order valence-corrected chi connectivity index (χ4v) is 3.91. The van der Waals surface area contributed by atoms with Crippen molar-refractivity contribution in [1.29, 1.82) is 5.26 Å². The summed E-state index contributed by atoms with van der Waals surface area (Å²) in [5.74, 6) is -1.84. The molecular formula is C20H12F2N2O4S. The molecule has 0 unspecified atom stereocenters. The molecule has 0 aliphatic rings. The van der Waals surface area contributed by atoms with E-state index in [1.165, 1.54) is 6.07 Å². The van der Waals surface area contributed by atoms with Gasteiger partial charge in [0.05, 0.1) is 15.4 Å². The Labute approximate surface area is 164 Å². The first-order valence-corrected chi connectivity index (χ1v) is 9.57. The minimum Gasteiger partial charge on any atom is -0.410 e. The summed E-state index contributed by atoms with van der Waals surface area (Å²) in [7, 11) is -4.37. The molecule has 0 heterocycles. The van der Waals surface area contributed by atoms with Crippen molar-refractivity contribution in [3.05, 3.63) is 83.9 Å². The van der Waals surface area contributed by atoms with E-state index in [9.17, 15) is 27.3 Å². The van der Waals surface area contributed by atoms with Crippen LogP contribution in [0.25, 0.3) is 0 Å². The van der Waals surface area contributed by atoms with Crippen LogP contribution in [0.2, 0.25) is 0 Å². The fourth-order valence-electron chi connectivity index (χ4n) is 2.48. The van der Waals surface area contributed by atoms with Gasteiger partial charge in [-0.1, -0.05) is 18.2 Å². The second-order valence-electron chi connectivity index (χ2n) is 5.76. The first kappa shape index (κ1) is 20.0. The number of hydrogen-bond donors (Lipinski definition) is 1. The molecule has 29 heavy (non-hydrogen) atoms. The van der Waals surface area contributed by atoms with Gasteiger partial charge in [-0.15, -0.1) is 0 Å². The van der Waals surface area contributed by atoms with Gasteiger partial charge in [-0.25, -0.2) is 22.0 Å². The maximum Gasteiger partial charge on any atom is 0.417 e. The summed E-state index contributed by atoms with van der Waals surface area (Å²) < 4.78 is 57.3. The van der Waals surface area contributed by atoms with Gasteiger partial charge in [-0.05, 0) is 42.5 Å². The number of ether oxygens (including phenoxy) is 1. The Balaban J connectivity index is 1.89. The summed E-state index contributed by atoms with van der Waals surface area (Å²) in [6.07, 6.45) is -0.845. The van der Waals surface area contributed by atoms with Crippen LogP contribution in [-0.4, -0.2) is 14.5 Å². The molecule has 0 saturated carbocycles. The Hall–Kier alpha value is -3.77. The van der Waals surface area contributed by atoms with Crippen LogP contribution in [0.15, 0.2) is 76.5 Å². The van der Waals surface area contributed by atoms with E-state index < -0.39 is 37.4 Å². The third-order valence-electron chi connectivity index (χ3n) is 3.74. The average molecular weight is 414 g/mol. The molecule has 1 N–H and O–H groups in total. The SMILES string of the molecule is N#Cc1cc(NC(=O)Oc2ccccc2)ccc1S(=O)(=O)c1cc(F)cc(F)c1. The number of rotatable bonds is 4. The number of sulfone groups is 1. The molecule has 3 aromatic rings. The van der Waals surface area contributed by atoms with E-state index in [0.717, 1.165) is 12.1 Å². The normalized spacial score (nSPS) is 10.8. The molecule has 0 spiro atoms. The maximum atomic E-state index is 13.4. The fraction of sp³-hybridized carbons (Fsp3) is 0. The molecule has 0 atom stereocenters. The van der Waals surface area contributed by atoms with E-state index >= 15 is 0 Å². The smallest absolute Gasteiger partial charge is 0.410 e. The van der Waals surface area contributed by atoms with Crippen molar-refractivity contribution in [3.8, 4) is 11.8 Å². The number of amides is 1. The first-order valence-electron chi connectivity index (χ1n) is 8.09. The molecule has 0 aromatic heterocycles. The van der Waals surface area contributed by atoms with Crippen molar-refractivity contribution in [3.63, 3.8) is 0 Å². The quantitative estimate of drug-likeness (QED) is 0.687. The Bertz CT molecular complexity index is 1200. The molecule has 6 nitrogen and oxygen atoms in total. The van der Waals surface area contributed by atoms with Gasteiger partial charge in [0.1, 0.15) is 23.5 Å². The molecule has 146 valence electrons. The Morgan fingerprint density at radius 1 is 0.966 bits per heavy atom. The van der Waals surface area contributed by atoms with Crippen molar-refractivity contribution in [2.75, 3.05) is 5.32 Å². The Kier molecular flexibility index (Phi) is 5.57. The molecule has 1 amide bonds. The highest BCUT2D eigenvalue weighted by atomic mass is 32.2. The van der Waals surface area contributed by atoms with Crippen molar-refractivity contribution in [1.82, 2.24) is 0 Å². The second kappa shape index (κ2) is 8.08. The van der Waals surface area contributed by atoms with E-state index in [0.29, 0.717) is 18.2 Å². The zero-order valence-electron chi connectivity index (χ0n) is 14.6. The lowest BCUT2D eigenvalue weighted by Crippen LogP contribution is -2.17. The largest absolute Gasteiger partial charge is 0.417 e. The zero-order valence-corrected chi connectivity index (χ0v) is 15.4. The van der Waals surface area contributed by atoms with E-state index in [1.54, 1.807) is 36.4 Å². The molecule has 0 radical (unpaired) electrons. The summed E-state index contributed by atoms with van der Waals surface area (Å²) in [6, 6.07) is 15.2. The molecule has 3 aromatic carbocycles. The van der Waals surface area contributed by atoms with Gasteiger partial charge in [0.25, 0.3) is 0 Å². The number of carbonyl (C=O) groups is 1. The monoisotopic (exact) mass is 414 g/mol. The number of nitrogens with one attached hydrogen (secondary N) is 1.